The first-order chi connectivity index (χ1) is 18.1. The first-order valence-electron chi connectivity index (χ1n) is 13.5. The summed E-state index contributed by atoms with van der Waals surface area (Å²) in [4.78, 5) is 6.59. The fraction of sp³-hybridized carbons (Fsp3) is 0.286. The van der Waals surface area contributed by atoms with Gasteiger partial charge in [0.05, 0.1) is 22.2 Å². The Balaban J connectivity index is 1.59. The zero-order chi connectivity index (χ0) is 26.8. The van der Waals surface area contributed by atoms with Crippen LogP contribution in [0, 0.1) is 19.8 Å². The minimum atomic E-state index is 0.0233. The maximum Gasteiger partial charge on any atom is 0.134 e. The van der Waals surface area contributed by atoms with Gasteiger partial charge < -0.3 is 4.42 Å². The van der Waals surface area contributed by atoms with E-state index in [1.54, 1.807) is 0 Å². The molecule has 6 rings (SSSR count). The molecule has 0 atom stereocenters. The van der Waals surface area contributed by atoms with Gasteiger partial charge in [-0.15, -0.1) is 11.3 Å². The Kier molecular flexibility index (Phi) is 5.96. The lowest BCUT2D eigenvalue weighted by Crippen LogP contribution is -2.12. The van der Waals surface area contributed by atoms with E-state index in [4.69, 9.17) is 9.40 Å². The molecule has 3 heterocycles. The summed E-state index contributed by atoms with van der Waals surface area (Å²) in [6, 6.07) is 22.3. The van der Waals surface area contributed by atoms with Crippen molar-refractivity contribution in [1.82, 2.24) is 4.98 Å². The van der Waals surface area contributed by atoms with Gasteiger partial charge in [-0.2, -0.15) is 0 Å². The van der Waals surface area contributed by atoms with E-state index in [0.29, 0.717) is 5.92 Å². The monoisotopic (exact) mass is 517 g/mol. The predicted molar refractivity (Wildman–Crippen MR) is 164 cm³/mol. The van der Waals surface area contributed by atoms with Crippen LogP contribution in [-0.4, -0.2) is 4.98 Å². The van der Waals surface area contributed by atoms with E-state index >= 15 is 0 Å². The summed E-state index contributed by atoms with van der Waals surface area (Å²) in [5.74, 6) is 0.592. The fourth-order valence-electron chi connectivity index (χ4n) is 5.58. The van der Waals surface area contributed by atoms with Gasteiger partial charge in [0.2, 0.25) is 0 Å². The lowest BCUT2D eigenvalue weighted by molar-refractivity contribution is 0.594. The van der Waals surface area contributed by atoms with Crippen molar-refractivity contribution in [3.63, 3.8) is 0 Å². The van der Waals surface area contributed by atoms with Gasteiger partial charge in [0.1, 0.15) is 5.58 Å². The predicted octanol–water partition coefficient (Wildman–Crippen LogP) is 10.6. The third-order valence-corrected chi connectivity index (χ3v) is 8.90. The number of hydrogen-bond donors (Lipinski definition) is 0. The summed E-state index contributed by atoms with van der Waals surface area (Å²) in [6.45, 7) is 15.8. The number of pyridine rings is 1. The van der Waals surface area contributed by atoms with Gasteiger partial charge in [0.25, 0.3) is 0 Å². The quantitative estimate of drug-likeness (QED) is 0.232. The van der Waals surface area contributed by atoms with Crippen LogP contribution >= 0.6 is 11.3 Å². The van der Waals surface area contributed by atoms with Crippen LogP contribution < -0.4 is 0 Å². The fourth-order valence-corrected chi connectivity index (χ4v) is 6.72. The summed E-state index contributed by atoms with van der Waals surface area (Å²) in [6.07, 6.45) is 2.96. The number of nitrogens with zero attached hydrogens (tertiary/aromatic N) is 1. The Bertz CT molecular complexity index is 1830. The molecule has 3 heteroatoms. The van der Waals surface area contributed by atoms with Crippen molar-refractivity contribution in [2.75, 3.05) is 0 Å². The highest BCUT2D eigenvalue weighted by Gasteiger charge is 2.21. The first-order valence-corrected chi connectivity index (χ1v) is 14.4. The second-order valence-electron chi connectivity index (χ2n) is 12.1. The lowest BCUT2D eigenvalue weighted by Gasteiger charge is -2.23. The van der Waals surface area contributed by atoms with Crippen molar-refractivity contribution in [2.45, 2.75) is 60.3 Å². The van der Waals surface area contributed by atoms with Crippen molar-refractivity contribution < 1.29 is 4.42 Å². The third-order valence-electron chi connectivity index (χ3n) is 7.67. The average molecular weight is 518 g/mol. The number of rotatable bonds is 4. The van der Waals surface area contributed by atoms with E-state index in [-0.39, 0.29) is 5.41 Å². The zero-order valence-electron chi connectivity index (χ0n) is 23.4. The normalized spacial score (nSPS) is 12.4. The molecule has 3 aromatic heterocycles. The summed E-state index contributed by atoms with van der Waals surface area (Å²) >= 11 is 1.84. The number of fused-ring (bicyclic) bond motifs is 3. The lowest BCUT2D eigenvalue weighted by atomic mass is 9.82. The second kappa shape index (κ2) is 9.10. The molecule has 0 fully saturated rings. The molecule has 0 aliphatic heterocycles. The minimum Gasteiger partial charge on any atom is -0.464 e. The van der Waals surface area contributed by atoms with Gasteiger partial charge in [-0.05, 0) is 88.9 Å². The maximum absolute atomic E-state index is 6.06. The highest BCUT2D eigenvalue weighted by atomic mass is 32.1. The SMILES string of the molecule is Cc1sc2c(-c3ccc4c(CC(C)C)coc4c3)cc(-c3cc(C(C)(C)C)c4ccccc4c3)nc2c1C. The van der Waals surface area contributed by atoms with E-state index in [1.165, 1.54) is 59.1 Å². The van der Waals surface area contributed by atoms with E-state index < -0.39 is 0 Å². The van der Waals surface area contributed by atoms with Gasteiger partial charge in [-0.1, -0.05) is 71.0 Å². The van der Waals surface area contributed by atoms with Crippen molar-refractivity contribution in [1.29, 1.82) is 0 Å². The van der Waals surface area contributed by atoms with E-state index in [2.05, 4.69) is 109 Å². The van der Waals surface area contributed by atoms with Gasteiger partial charge >= 0.3 is 0 Å². The molecule has 192 valence electrons. The molecule has 2 nitrogen and oxygen atoms in total. The van der Waals surface area contributed by atoms with Crippen molar-refractivity contribution in [3.8, 4) is 22.4 Å². The maximum atomic E-state index is 6.06. The Hall–Kier alpha value is -3.43. The second-order valence-corrected chi connectivity index (χ2v) is 13.3. The van der Waals surface area contributed by atoms with Gasteiger partial charge in [-0.25, -0.2) is 4.98 Å². The van der Waals surface area contributed by atoms with Crippen molar-refractivity contribution in [2.24, 2.45) is 5.92 Å². The van der Waals surface area contributed by atoms with E-state index in [0.717, 1.165) is 23.2 Å². The molecule has 3 aromatic carbocycles. The van der Waals surface area contributed by atoms with E-state index in [9.17, 15) is 0 Å². The smallest absolute Gasteiger partial charge is 0.134 e. The van der Waals surface area contributed by atoms with Crippen LogP contribution in [0.3, 0.4) is 0 Å². The zero-order valence-corrected chi connectivity index (χ0v) is 24.2. The molecular weight excluding hydrogens is 482 g/mol. The van der Waals surface area contributed by atoms with Gasteiger partial charge in [0.15, 0.2) is 0 Å². The molecular formula is C35H35NOS. The van der Waals surface area contributed by atoms with Crippen LogP contribution in [0.15, 0.2) is 71.3 Å². The van der Waals surface area contributed by atoms with Crippen molar-refractivity contribution in [3.05, 3.63) is 88.5 Å². The van der Waals surface area contributed by atoms with Crippen LogP contribution in [0.5, 0.6) is 0 Å². The molecule has 0 bridgehead atoms. The Morgan fingerprint density at radius 2 is 1.68 bits per heavy atom. The molecule has 0 spiro atoms. The summed E-state index contributed by atoms with van der Waals surface area (Å²) in [5, 5.41) is 3.79. The van der Waals surface area contributed by atoms with E-state index in [1.807, 2.05) is 17.6 Å². The highest BCUT2D eigenvalue weighted by molar-refractivity contribution is 7.19. The number of aromatic nitrogens is 1. The molecule has 0 amide bonds. The number of benzene rings is 3. The molecule has 0 radical (unpaired) electrons. The largest absolute Gasteiger partial charge is 0.464 e. The van der Waals surface area contributed by atoms with Crippen LogP contribution in [0.1, 0.15) is 56.2 Å². The van der Waals surface area contributed by atoms with Gasteiger partial charge in [-0.3, -0.25) is 0 Å². The summed E-state index contributed by atoms with van der Waals surface area (Å²) in [7, 11) is 0. The molecule has 6 aromatic rings. The highest BCUT2D eigenvalue weighted by Crippen LogP contribution is 2.42. The molecule has 0 N–H and O–H groups in total. The van der Waals surface area contributed by atoms with Crippen LogP contribution in [0.4, 0.5) is 0 Å². The number of aryl methyl sites for hydroxylation is 2. The Labute approximate surface area is 229 Å². The first kappa shape index (κ1) is 24.9. The number of thiophene rings is 1. The summed E-state index contributed by atoms with van der Waals surface area (Å²) in [5.41, 5.74) is 10.6. The third kappa shape index (κ3) is 4.23. The standard InChI is InChI=1S/C35H35NOS/c1-20(2)14-26-19-37-32-17-24(12-13-28(26)32)29-18-31(36-33-21(3)22(4)38-34(29)33)25-15-23-10-8-9-11-27(23)30(16-25)35(5,6)7/h8-13,15-20H,14H2,1-7H3. The molecule has 0 saturated carbocycles. The van der Waals surface area contributed by atoms with Gasteiger partial charge in [0, 0.05) is 21.4 Å². The Morgan fingerprint density at radius 1 is 0.895 bits per heavy atom. The molecule has 0 saturated heterocycles. The molecule has 0 aliphatic carbocycles. The van der Waals surface area contributed by atoms with Crippen LogP contribution in [0.25, 0.3) is 54.3 Å². The molecule has 38 heavy (non-hydrogen) atoms. The Morgan fingerprint density at radius 3 is 2.45 bits per heavy atom. The number of furan rings is 1. The molecule has 0 aliphatic rings. The average Bonchev–Trinajstić information content (AvgIpc) is 3.41. The minimum absolute atomic E-state index is 0.0233. The van der Waals surface area contributed by atoms with Crippen LogP contribution in [0.2, 0.25) is 0 Å². The van der Waals surface area contributed by atoms with Crippen LogP contribution in [-0.2, 0) is 11.8 Å². The van der Waals surface area contributed by atoms with Crippen molar-refractivity contribution >= 4 is 43.3 Å². The number of hydrogen-bond acceptors (Lipinski definition) is 3. The molecule has 0 unspecified atom stereocenters. The topological polar surface area (TPSA) is 26.0 Å². The summed E-state index contributed by atoms with van der Waals surface area (Å²) < 4.78 is 7.30.